The monoisotopic (exact) mass is 279 g/mol. The van der Waals surface area contributed by atoms with Gasteiger partial charge in [-0.3, -0.25) is 0 Å². The van der Waals surface area contributed by atoms with Gasteiger partial charge in [-0.25, -0.2) is 4.98 Å². The van der Waals surface area contributed by atoms with E-state index in [9.17, 15) is 0 Å². The molecule has 2 aromatic rings. The van der Waals surface area contributed by atoms with Gasteiger partial charge >= 0.3 is 0 Å². The number of imidazole rings is 1. The van der Waals surface area contributed by atoms with Gasteiger partial charge in [-0.05, 0) is 31.5 Å². The zero-order valence-electron chi connectivity index (χ0n) is 11.4. The molecule has 1 aromatic heterocycles. The fraction of sp³-hybridized carbons (Fsp3) is 0.357. The Morgan fingerprint density at radius 2 is 2.11 bits per heavy atom. The Labute approximate surface area is 118 Å². The first-order valence-corrected chi connectivity index (χ1v) is 6.53. The van der Waals surface area contributed by atoms with Gasteiger partial charge in [0.2, 0.25) is 0 Å². The topological polar surface area (TPSA) is 53.1 Å². The smallest absolute Gasteiger partial charge is 0.128 e. The molecule has 0 aliphatic rings. The van der Waals surface area contributed by atoms with Crippen molar-refractivity contribution in [1.29, 1.82) is 0 Å². The maximum absolute atomic E-state index is 6.19. The first kappa shape index (κ1) is 13.9. The van der Waals surface area contributed by atoms with Gasteiger partial charge in [-0.2, -0.15) is 0 Å². The molecule has 0 saturated carbocycles. The summed E-state index contributed by atoms with van der Waals surface area (Å²) in [6, 6.07) is 3.82. The molecule has 0 fully saturated rings. The molecule has 0 aliphatic carbocycles. The van der Waals surface area contributed by atoms with E-state index in [2.05, 4.69) is 4.98 Å². The molecular formula is C14H18ClN3O. The zero-order chi connectivity index (χ0) is 14.0. The molecule has 19 heavy (non-hydrogen) atoms. The number of nitrogens with zero attached hydrogens (tertiary/aromatic N) is 2. The van der Waals surface area contributed by atoms with E-state index in [-0.39, 0.29) is 0 Å². The molecule has 0 unspecified atom stereocenters. The van der Waals surface area contributed by atoms with Crippen molar-refractivity contribution in [1.82, 2.24) is 9.55 Å². The Bertz CT molecular complexity index is 593. The van der Waals surface area contributed by atoms with Crippen LogP contribution in [-0.4, -0.2) is 23.2 Å². The van der Waals surface area contributed by atoms with E-state index in [4.69, 9.17) is 22.1 Å². The first-order valence-electron chi connectivity index (χ1n) is 6.15. The second kappa shape index (κ2) is 5.63. The zero-order valence-corrected chi connectivity index (χ0v) is 12.2. The molecule has 1 aromatic carbocycles. The fourth-order valence-corrected chi connectivity index (χ4v) is 2.19. The Morgan fingerprint density at radius 1 is 1.37 bits per heavy atom. The van der Waals surface area contributed by atoms with Gasteiger partial charge in [-0.15, -0.1) is 0 Å². The Morgan fingerprint density at radius 3 is 2.74 bits per heavy atom. The van der Waals surface area contributed by atoms with E-state index in [1.165, 1.54) is 0 Å². The fourth-order valence-electron chi connectivity index (χ4n) is 2.03. The molecule has 0 amide bonds. The van der Waals surface area contributed by atoms with Crippen LogP contribution in [0.4, 0.5) is 0 Å². The number of ether oxygens (including phenoxy) is 1. The maximum atomic E-state index is 6.19. The van der Waals surface area contributed by atoms with Crippen molar-refractivity contribution in [2.45, 2.75) is 20.4 Å². The number of aromatic nitrogens is 2. The molecule has 2 rings (SSSR count). The van der Waals surface area contributed by atoms with E-state index < -0.39 is 0 Å². The molecular weight excluding hydrogens is 262 g/mol. The molecule has 0 spiro atoms. The predicted molar refractivity (Wildman–Crippen MR) is 77.8 cm³/mol. The molecule has 4 nitrogen and oxygen atoms in total. The molecule has 5 heteroatoms. The van der Waals surface area contributed by atoms with E-state index >= 15 is 0 Å². The van der Waals surface area contributed by atoms with Crippen molar-refractivity contribution in [2.24, 2.45) is 5.73 Å². The highest BCUT2D eigenvalue weighted by Crippen LogP contribution is 2.34. The lowest BCUT2D eigenvalue weighted by Gasteiger charge is -2.09. The third-order valence-corrected chi connectivity index (χ3v) is 3.51. The molecule has 2 N–H and O–H groups in total. The average molecular weight is 280 g/mol. The highest BCUT2D eigenvalue weighted by Gasteiger charge is 2.13. The number of hydrogen-bond donors (Lipinski definition) is 1. The van der Waals surface area contributed by atoms with Crippen LogP contribution in [0.5, 0.6) is 5.75 Å². The van der Waals surface area contributed by atoms with Crippen molar-refractivity contribution in [3.05, 3.63) is 34.7 Å². The van der Waals surface area contributed by atoms with E-state index in [0.29, 0.717) is 11.6 Å². The summed E-state index contributed by atoms with van der Waals surface area (Å²) in [5.41, 5.74) is 8.32. The van der Waals surface area contributed by atoms with Crippen molar-refractivity contribution >= 4 is 11.6 Å². The second-order valence-corrected chi connectivity index (χ2v) is 4.86. The molecule has 0 radical (unpaired) electrons. The number of halogens is 1. The van der Waals surface area contributed by atoms with Crippen LogP contribution in [-0.2, 0) is 6.54 Å². The number of hydrogen-bond acceptors (Lipinski definition) is 3. The predicted octanol–water partition coefficient (Wildman–Crippen LogP) is 2.79. The molecule has 0 saturated heterocycles. The van der Waals surface area contributed by atoms with Gasteiger partial charge in [0.25, 0.3) is 0 Å². The van der Waals surface area contributed by atoms with Crippen LogP contribution in [0.15, 0.2) is 18.3 Å². The number of nitrogens with two attached hydrogens (primary N) is 1. The van der Waals surface area contributed by atoms with Crippen LogP contribution in [0.25, 0.3) is 11.3 Å². The number of benzene rings is 1. The highest BCUT2D eigenvalue weighted by molar-refractivity contribution is 6.31. The molecule has 102 valence electrons. The summed E-state index contributed by atoms with van der Waals surface area (Å²) in [6.07, 6.45) is 1.98. The SMILES string of the molecule is COc1cc(C)c(Cl)cc1-c1cn(CCN)c(C)n1. The van der Waals surface area contributed by atoms with Crippen LogP contribution in [0.2, 0.25) is 5.02 Å². The number of aryl methyl sites for hydroxylation is 2. The Kier molecular flexibility index (Phi) is 4.12. The Balaban J connectivity index is 2.51. The van der Waals surface area contributed by atoms with Gasteiger partial charge in [0.1, 0.15) is 11.6 Å². The third kappa shape index (κ3) is 2.74. The first-order chi connectivity index (χ1) is 9.06. The molecule has 0 atom stereocenters. The normalized spacial score (nSPS) is 10.8. The minimum atomic E-state index is 0.586. The molecule has 1 heterocycles. The summed E-state index contributed by atoms with van der Waals surface area (Å²) >= 11 is 6.19. The van der Waals surface area contributed by atoms with Gasteiger partial charge in [0.05, 0.1) is 12.8 Å². The van der Waals surface area contributed by atoms with Gasteiger partial charge in [-0.1, -0.05) is 11.6 Å². The maximum Gasteiger partial charge on any atom is 0.128 e. The summed E-state index contributed by atoms with van der Waals surface area (Å²) in [5.74, 6) is 1.71. The summed E-state index contributed by atoms with van der Waals surface area (Å²) in [4.78, 5) is 4.55. The quantitative estimate of drug-likeness (QED) is 0.936. The van der Waals surface area contributed by atoms with E-state index in [1.54, 1.807) is 7.11 Å². The van der Waals surface area contributed by atoms with E-state index in [1.807, 2.05) is 36.7 Å². The average Bonchev–Trinajstić information content (AvgIpc) is 2.74. The van der Waals surface area contributed by atoms with Crippen molar-refractivity contribution < 1.29 is 4.74 Å². The number of methoxy groups -OCH3 is 1. The van der Waals surface area contributed by atoms with Gasteiger partial charge < -0.3 is 15.0 Å². The summed E-state index contributed by atoms with van der Waals surface area (Å²) in [7, 11) is 1.65. The van der Waals surface area contributed by atoms with Crippen LogP contribution >= 0.6 is 11.6 Å². The molecule has 0 aliphatic heterocycles. The van der Waals surface area contributed by atoms with Crippen molar-refractivity contribution in [3.63, 3.8) is 0 Å². The minimum Gasteiger partial charge on any atom is -0.496 e. The standard InChI is InChI=1S/C14H18ClN3O/c1-9-6-14(19-3)11(7-12(9)15)13-8-18(5-4-16)10(2)17-13/h6-8H,4-5,16H2,1-3H3. The summed E-state index contributed by atoms with van der Waals surface area (Å²) < 4.78 is 7.44. The van der Waals surface area contributed by atoms with Crippen molar-refractivity contribution in [2.75, 3.05) is 13.7 Å². The largest absolute Gasteiger partial charge is 0.496 e. The summed E-state index contributed by atoms with van der Waals surface area (Å²) in [5, 5.41) is 0.710. The Hall–Kier alpha value is -1.52. The lowest BCUT2D eigenvalue weighted by molar-refractivity contribution is 0.416. The second-order valence-electron chi connectivity index (χ2n) is 4.46. The van der Waals surface area contributed by atoms with Crippen molar-refractivity contribution in [3.8, 4) is 17.0 Å². The molecule has 0 bridgehead atoms. The lowest BCUT2D eigenvalue weighted by atomic mass is 10.1. The van der Waals surface area contributed by atoms with Gasteiger partial charge in [0, 0.05) is 29.9 Å². The van der Waals surface area contributed by atoms with Gasteiger partial charge in [0.15, 0.2) is 0 Å². The van der Waals surface area contributed by atoms with Crippen LogP contribution in [0.1, 0.15) is 11.4 Å². The number of rotatable bonds is 4. The van der Waals surface area contributed by atoms with Crippen LogP contribution in [0.3, 0.4) is 0 Å². The summed E-state index contributed by atoms with van der Waals surface area (Å²) in [6.45, 7) is 5.25. The highest BCUT2D eigenvalue weighted by atomic mass is 35.5. The van der Waals surface area contributed by atoms with Crippen LogP contribution in [0, 0.1) is 13.8 Å². The lowest BCUT2D eigenvalue weighted by Crippen LogP contribution is -2.10. The third-order valence-electron chi connectivity index (χ3n) is 3.10. The minimum absolute atomic E-state index is 0.586. The van der Waals surface area contributed by atoms with Crippen LogP contribution < -0.4 is 10.5 Å². The van der Waals surface area contributed by atoms with E-state index in [0.717, 1.165) is 34.9 Å².